The Bertz CT molecular complexity index is 1040. The zero-order valence-corrected chi connectivity index (χ0v) is 15.1. The molecule has 0 aliphatic heterocycles. The molecule has 0 aliphatic rings. The largest absolute Gasteiger partial charge is 0.322 e. The van der Waals surface area contributed by atoms with Gasteiger partial charge in [-0.25, -0.2) is 13.1 Å². The smallest absolute Gasteiger partial charge is 0.255 e. The van der Waals surface area contributed by atoms with E-state index in [9.17, 15) is 13.2 Å². The highest BCUT2D eigenvalue weighted by Crippen LogP contribution is 2.20. The van der Waals surface area contributed by atoms with Gasteiger partial charge in [0.1, 0.15) is 0 Å². The maximum Gasteiger partial charge on any atom is 0.255 e. The van der Waals surface area contributed by atoms with Gasteiger partial charge in [0.2, 0.25) is 0 Å². The Morgan fingerprint density at radius 2 is 1.88 bits per heavy atom. The fourth-order valence-corrected chi connectivity index (χ4v) is 3.27. The molecule has 0 aliphatic carbocycles. The number of sulfone groups is 1. The van der Waals surface area contributed by atoms with Crippen molar-refractivity contribution in [1.82, 2.24) is 20.2 Å². The lowest BCUT2D eigenvalue weighted by Crippen LogP contribution is -2.12. The number of rotatable bonds is 5. The number of benzene rings is 2. The van der Waals surface area contributed by atoms with Crippen LogP contribution in [0.4, 0.5) is 5.69 Å². The van der Waals surface area contributed by atoms with Crippen LogP contribution < -0.4 is 5.32 Å². The first-order valence-electron chi connectivity index (χ1n) is 7.73. The Morgan fingerprint density at radius 3 is 2.50 bits per heavy atom. The van der Waals surface area contributed by atoms with E-state index in [1.54, 1.807) is 54.2 Å². The van der Waals surface area contributed by atoms with Gasteiger partial charge in [-0.1, -0.05) is 24.3 Å². The molecule has 0 saturated heterocycles. The Morgan fingerprint density at radius 1 is 1.15 bits per heavy atom. The summed E-state index contributed by atoms with van der Waals surface area (Å²) >= 11 is 0. The first-order valence-corrected chi connectivity index (χ1v) is 9.79. The van der Waals surface area contributed by atoms with Gasteiger partial charge in [0.05, 0.1) is 5.75 Å². The van der Waals surface area contributed by atoms with Gasteiger partial charge < -0.3 is 5.32 Å². The topological polar surface area (TPSA) is 107 Å². The van der Waals surface area contributed by atoms with Gasteiger partial charge in [0, 0.05) is 30.1 Å². The number of carbonyl (C=O) groups excluding carboxylic acids is 1. The molecule has 0 bridgehead atoms. The van der Waals surface area contributed by atoms with Gasteiger partial charge in [0.25, 0.3) is 5.91 Å². The summed E-state index contributed by atoms with van der Waals surface area (Å²) in [5, 5.41) is 14.1. The molecule has 134 valence electrons. The second kappa shape index (κ2) is 7.04. The monoisotopic (exact) mass is 371 g/mol. The predicted octanol–water partition coefficient (Wildman–Crippen LogP) is 1.67. The maximum atomic E-state index is 12.4. The molecule has 26 heavy (non-hydrogen) atoms. The second-order valence-corrected chi connectivity index (χ2v) is 8.07. The summed E-state index contributed by atoms with van der Waals surface area (Å²) in [6.45, 7) is 0. The Hall–Kier alpha value is -3.07. The fraction of sp³-hybridized carbons (Fsp3) is 0.176. The number of amides is 1. The molecule has 3 rings (SSSR count). The zero-order chi connectivity index (χ0) is 18.7. The van der Waals surface area contributed by atoms with Crippen LogP contribution in [0.15, 0.2) is 48.5 Å². The molecule has 1 N–H and O–H groups in total. The van der Waals surface area contributed by atoms with E-state index < -0.39 is 9.84 Å². The van der Waals surface area contributed by atoms with Crippen LogP contribution in [-0.4, -0.2) is 40.8 Å². The molecule has 2 aromatic carbocycles. The fourth-order valence-electron chi connectivity index (χ4n) is 2.47. The van der Waals surface area contributed by atoms with E-state index in [-0.39, 0.29) is 11.7 Å². The molecule has 0 atom stereocenters. The molecule has 0 fully saturated rings. The Kier molecular flexibility index (Phi) is 4.81. The van der Waals surface area contributed by atoms with Crippen molar-refractivity contribution in [2.45, 2.75) is 5.75 Å². The molecule has 0 spiro atoms. The average molecular weight is 371 g/mol. The van der Waals surface area contributed by atoms with E-state index in [0.29, 0.717) is 22.6 Å². The molecule has 0 unspecified atom stereocenters. The summed E-state index contributed by atoms with van der Waals surface area (Å²) in [5.74, 6) is 0.248. The molecule has 9 heteroatoms. The van der Waals surface area contributed by atoms with Gasteiger partial charge in [-0.05, 0) is 40.3 Å². The van der Waals surface area contributed by atoms with Gasteiger partial charge in [-0.15, -0.1) is 5.10 Å². The van der Waals surface area contributed by atoms with Crippen LogP contribution in [0, 0.1) is 0 Å². The van der Waals surface area contributed by atoms with Crippen LogP contribution in [-0.2, 0) is 22.6 Å². The molecule has 0 radical (unpaired) electrons. The van der Waals surface area contributed by atoms with Crippen molar-refractivity contribution in [3.8, 4) is 11.4 Å². The van der Waals surface area contributed by atoms with Crippen LogP contribution in [0.2, 0.25) is 0 Å². The van der Waals surface area contributed by atoms with E-state index >= 15 is 0 Å². The summed E-state index contributed by atoms with van der Waals surface area (Å²) in [6.07, 6.45) is 1.17. The summed E-state index contributed by atoms with van der Waals surface area (Å²) in [4.78, 5) is 12.4. The number of hydrogen-bond donors (Lipinski definition) is 1. The highest BCUT2D eigenvalue weighted by molar-refractivity contribution is 7.89. The highest BCUT2D eigenvalue weighted by atomic mass is 32.2. The lowest BCUT2D eigenvalue weighted by Gasteiger charge is -2.08. The first-order chi connectivity index (χ1) is 12.3. The summed E-state index contributed by atoms with van der Waals surface area (Å²) in [7, 11) is -1.37. The number of anilines is 1. The first kappa shape index (κ1) is 17.7. The van der Waals surface area contributed by atoms with Crippen molar-refractivity contribution in [2.24, 2.45) is 7.05 Å². The van der Waals surface area contributed by atoms with E-state index in [0.717, 1.165) is 5.56 Å². The Balaban J connectivity index is 1.75. The molecular weight excluding hydrogens is 354 g/mol. The minimum absolute atomic E-state index is 0.0529. The van der Waals surface area contributed by atoms with Crippen molar-refractivity contribution in [1.29, 1.82) is 0 Å². The van der Waals surface area contributed by atoms with E-state index in [1.165, 1.54) is 6.26 Å². The van der Waals surface area contributed by atoms with Gasteiger partial charge in [-0.2, -0.15) is 0 Å². The van der Waals surface area contributed by atoms with Crippen molar-refractivity contribution in [2.75, 3.05) is 11.6 Å². The summed E-state index contributed by atoms with van der Waals surface area (Å²) in [6, 6.07) is 13.7. The van der Waals surface area contributed by atoms with Gasteiger partial charge >= 0.3 is 0 Å². The van der Waals surface area contributed by atoms with E-state index in [2.05, 4.69) is 20.8 Å². The highest BCUT2D eigenvalue weighted by Gasteiger charge is 2.10. The quantitative estimate of drug-likeness (QED) is 0.731. The minimum Gasteiger partial charge on any atom is -0.322 e. The number of nitrogens with zero attached hydrogens (tertiary/aromatic N) is 4. The number of aromatic nitrogens is 4. The molecule has 8 nitrogen and oxygen atoms in total. The molecule has 0 saturated carbocycles. The minimum atomic E-state index is -3.11. The maximum absolute atomic E-state index is 12.4. The van der Waals surface area contributed by atoms with Crippen molar-refractivity contribution >= 4 is 21.4 Å². The lowest BCUT2D eigenvalue weighted by molar-refractivity contribution is 0.102. The number of nitrogens with one attached hydrogen (secondary N) is 1. The third-order valence-electron chi connectivity index (χ3n) is 3.64. The van der Waals surface area contributed by atoms with Gasteiger partial charge in [-0.3, -0.25) is 4.79 Å². The normalized spacial score (nSPS) is 11.3. The number of tetrazole rings is 1. The second-order valence-electron chi connectivity index (χ2n) is 5.93. The predicted molar refractivity (Wildman–Crippen MR) is 97.2 cm³/mol. The van der Waals surface area contributed by atoms with Crippen molar-refractivity contribution in [3.63, 3.8) is 0 Å². The van der Waals surface area contributed by atoms with Crippen LogP contribution in [0.5, 0.6) is 0 Å². The molecular formula is C17H17N5O3S. The summed E-state index contributed by atoms with van der Waals surface area (Å²) < 4.78 is 24.2. The van der Waals surface area contributed by atoms with E-state index in [1.807, 2.05) is 6.07 Å². The van der Waals surface area contributed by atoms with E-state index in [4.69, 9.17) is 0 Å². The standard InChI is InChI=1S/C17H17N5O3S/c1-22-16(19-20-21-22)14-4-3-5-15(10-14)18-17(23)13-8-6-12(7-9-13)11-26(2,24)25/h3-10H,11H2,1-2H3,(H,18,23). The third kappa shape index (κ3) is 4.31. The molecule has 3 aromatic rings. The SMILES string of the molecule is Cn1nnnc1-c1cccc(NC(=O)c2ccc(CS(C)(=O)=O)cc2)c1. The average Bonchev–Trinajstić information content (AvgIpc) is 3.00. The molecule has 1 amide bonds. The van der Waals surface area contributed by atoms with Crippen LogP contribution in [0.3, 0.4) is 0 Å². The Labute approximate surface area is 150 Å². The molecule has 1 aromatic heterocycles. The number of aryl methyl sites for hydroxylation is 1. The molecule has 1 heterocycles. The van der Waals surface area contributed by atoms with Gasteiger partial charge in [0.15, 0.2) is 15.7 Å². The van der Waals surface area contributed by atoms with Crippen molar-refractivity contribution < 1.29 is 13.2 Å². The third-order valence-corrected chi connectivity index (χ3v) is 4.50. The van der Waals surface area contributed by atoms with Crippen LogP contribution >= 0.6 is 0 Å². The number of hydrogen-bond acceptors (Lipinski definition) is 6. The number of carbonyl (C=O) groups is 1. The van der Waals surface area contributed by atoms with Crippen LogP contribution in [0.1, 0.15) is 15.9 Å². The van der Waals surface area contributed by atoms with Crippen LogP contribution in [0.25, 0.3) is 11.4 Å². The summed E-state index contributed by atoms with van der Waals surface area (Å²) in [5.41, 5.74) is 2.46. The zero-order valence-electron chi connectivity index (χ0n) is 14.2. The lowest BCUT2D eigenvalue weighted by atomic mass is 10.1. The van der Waals surface area contributed by atoms with Crippen molar-refractivity contribution in [3.05, 3.63) is 59.7 Å².